The molecule has 4 aromatic rings. The standard InChI is InChI=1S/C31H30N4O2/c36-30(28-3-1-2-10-32-28)34-23-6-4-20(5-7-23)26-17-33-27-9-8-24(16-25(26)27)35-31(37)29-21-12-18-11-19(14-21)15-22(29)13-18/h1-10,16-19,21-22,29,33H,11-15H2,(H,34,36)(H,35,37). The van der Waals surface area contributed by atoms with Crippen LogP contribution in [0.1, 0.15) is 42.6 Å². The van der Waals surface area contributed by atoms with Gasteiger partial charge in [-0.05, 0) is 104 Å². The molecule has 4 bridgehead atoms. The first kappa shape index (κ1) is 22.3. The zero-order valence-electron chi connectivity index (χ0n) is 20.6. The Bertz CT molecular complexity index is 1450. The number of carbonyl (C=O) groups is 2. The van der Waals surface area contributed by atoms with E-state index in [4.69, 9.17) is 0 Å². The van der Waals surface area contributed by atoms with Gasteiger partial charge >= 0.3 is 0 Å². The van der Waals surface area contributed by atoms with Gasteiger partial charge in [-0.1, -0.05) is 18.2 Å². The molecule has 6 nitrogen and oxygen atoms in total. The van der Waals surface area contributed by atoms with Gasteiger partial charge in [0, 0.05) is 46.2 Å². The number of carbonyl (C=O) groups excluding carboxylic acids is 2. The molecule has 3 N–H and O–H groups in total. The van der Waals surface area contributed by atoms with Crippen LogP contribution in [0.15, 0.2) is 73.1 Å². The number of nitrogens with one attached hydrogen (secondary N) is 3. The normalized spacial score (nSPS) is 25.8. The molecular formula is C31H30N4O2. The lowest BCUT2D eigenvalue weighted by Crippen LogP contribution is -2.49. The van der Waals surface area contributed by atoms with E-state index < -0.39 is 0 Å². The van der Waals surface area contributed by atoms with Crippen LogP contribution >= 0.6 is 0 Å². The fraction of sp³-hybridized carbons (Fsp3) is 0.323. The second kappa shape index (κ2) is 8.87. The Hall–Kier alpha value is -3.93. The average Bonchev–Trinajstić information content (AvgIpc) is 3.32. The van der Waals surface area contributed by atoms with Crippen LogP contribution in [0.5, 0.6) is 0 Å². The Morgan fingerprint density at radius 1 is 0.811 bits per heavy atom. The van der Waals surface area contributed by atoms with Gasteiger partial charge in [0.15, 0.2) is 0 Å². The summed E-state index contributed by atoms with van der Waals surface area (Å²) >= 11 is 0. The molecule has 0 saturated heterocycles. The largest absolute Gasteiger partial charge is 0.361 e. The van der Waals surface area contributed by atoms with Gasteiger partial charge in [0.2, 0.25) is 5.91 Å². The van der Waals surface area contributed by atoms with Crippen molar-refractivity contribution in [1.29, 1.82) is 0 Å². The van der Waals surface area contributed by atoms with Crippen molar-refractivity contribution in [3.63, 3.8) is 0 Å². The van der Waals surface area contributed by atoms with Crippen molar-refractivity contribution in [3.05, 3.63) is 78.8 Å². The topological polar surface area (TPSA) is 86.9 Å². The molecule has 0 atom stereocenters. The van der Waals surface area contributed by atoms with Crippen molar-refractivity contribution >= 4 is 34.1 Å². The molecule has 0 unspecified atom stereocenters. The number of amides is 2. The minimum Gasteiger partial charge on any atom is -0.361 e. The van der Waals surface area contributed by atoms with Crippen molar-refractivity contribution in [2.75, 3.05) is 10.6 Å². The summed E-state index contributed by atoms with van der Waals surface area (Å²) < 4.78 is 0. The monoisotopic (exact) mass is 490 g/mol. The summed E-state index contributed by atoms with van der Waals surface area (Å²) in [5.41, 5.74) is 5.06. The van der Waals surface area contributed by atoms with Crippen LogP contribution < -0.4 is 10.6 Å². The van der Waals surface area contributed by atoms with Gasteiger partial charge in [0.25, 0.3) is 5.91 Å². The minimum absolute atomic E-state index is 0.169. The Kier molecular flexibility index (Phi) is 5.34. The van der Waals surface area contributed by atoms with Crippen molar-refractivity contribution in [2.24, 2.45) is 29.6 Å². The van der Waals surface area contributed by atoms with Crippen LogP contribution in [0.3, 0.4) is 0 Å². The zero-order valence-corrected chi connectivity index (χ0v) is 20.6. The number of nitrogens with zero attached hydrogens (tertiary/aromatic N) is 1. The lowest BCUT2D eigenvalue weighted by Gasteiger charge is -2.53. The molecule has 2 heterocycles. The first-order chi connectivity index (χ1) is 18.1. The van der Waals surface area contributed by atoms with Gasteiger partial charge in [0.1, 0.15) is 5.69 Å². The Labute approximate surface area is 215 Å². The maximum absolute atomic E-state index is 13.4. The van der Waals surface area contributed by atoms with E-state index >= 15 is 0 Å². The highest BCUT2D eigenvalue weighted by Gasteiger charge is 2.50. The molecule has 0 aliphatic heterocycles. The van der Waals surface area contributed by atoms with Gasteiger partial charge in [-0.3, -0.25) is 14.6 Å². The van der Waals surface area contributed by atoms with Crippen LogP contribution in [0.4, 0.5) is 11.4 Å². The second-order valence-corrected chi connectivity index (χ2v) is 11.2. The summed E-state index contributed by atoms with van der Waals surface area (Å²) in [7, 11) is 0. The first-order valence-corrected chi connectivity index (χ1v) is 13.4. The Morgan fingerprint density at radius 2 is 1.54 bits per heavy atom. The molecule has 4 fully saturated rings. The van der Waals surface area contributed by atoms with E-state index in [1.807, 2.05) is 42.6 Å². The van der Waals surface area contributed by atoms with Crippen molar-refractivity contribution in [2.45, 2.75) is 32.1 Å². The quantitative estimate of drug-likeness (QED) is 0.299. The fourth-order valence-electron chi connectivity index (χ4n) is 7.44. The number of benzene rings is 2. The Balaban J connectivity index is 1.09. The van der Waals surface area contributed by atoms with E-state index in [1.165, 1.54) is 32.1 Å². The predicted octanol–water partition coefficient (Wildman–Crippen LogP) is 6.49. The van der Waals surface area contributed by atoms with E-state index in [2.05, 4.69) is 26.7 Å². The van der Waals surface area contributed by atoms with Crippen LogP contribution in [-0.2, 0) is 4.79 Å². The SMILES string of the molecule is O=C(Nc1ccc(-c2c[nH]c3ccc(NC(=O)C4C5CC6CC(C5)CC4C6)cc23)cc1)c1ccccn1. The van der Waals surface area contributed by atoms with Crippen LogP contribution in [0.2, 0.25) is 0 Å². The number of hydrogen-bond acceptors (Lipinski definition) is 3. The maximum atomic E-state index is 13.4. The van der Waals surface area contributed by atoms with E-state index in [1.54, 1.807) is 24.4 Å². The Morgan fingerprint density at radius 3 is 2.24 bits per heavy atom. The van der Waals surface area contributed by atoms with Gasteiger partial charge < -0.3 is 15.6 Å². The van der Waals surface area contributed by atoms with Crippen LogP contribution in [0.25, 0.3) is 22.0 Å². The average molecular weight is 491 g/mol. The van der Waals surface area contributed by atoms with Gasteiger partial charge in [-0.2, -0.15) is 0 Å². The molecule has 2 amide bonds. The van der Waals surface area contributed by atoms with Crippen LogP contribution in [0, 0.1) is 29.6 Å². The summed E-state index contributed by atoms with van der Waals surface area (Å²) in [6.07, 6.45) is 9.96. The van der Waals surface area contributed by atoms with E-state index in [0.717, 1.165) is 39.6 Å². The first-order valence-electron chi connectivity index (χ1n) is 13.4. The highest BCUT2D eigenvalue weighted by molar-refractivity contribution is 6.03. The molecule has 4 aliphatic rings. The number of aromatic nitrogens is 2. The number of rotatable bonds is 5. The lowest BCUT2D eigenvalue weighted by molar-refractivity contribution is -0.132. The number of fused-ring (bicyclic) bond motifs is 1. The zero-order chi connectivity index (χ0) is 24.9. The van der Waals surface area contributed by atoms with Crippen molar-refractivity contribution in [3.8, 4) is 11.1 Å². The van der Waals surface area contributed by atoms with Crippen molar-refractivity contribution < 1.29 is 9.59 Å². The predicted molar refractivity (Wildman–Crippen MR) is 145 cm³/mol. The summed E-state index contributed by atoms with van der Waals surface area (Å²) in [5.74, 6) is 3.00. The minimum atomic E-state index is -0.236. The van der Waals surface area contributed by atoms with E-state index in [9.17, 15) is 9.59 Å². The third-order valence-corrected chi connectivity index (χ3v) is 8.83. The molecule has 2 aromatic heterocycles. The maximum Gasteiger partial charge on any atom is 0.274 e. The third kappa shape index (κ3) is 4.10. The molecule has 4 aliphatic carbocycles. The molecular weight excluding hydrogens is 460 g/mol. The molecule has 0 spiro atoms. The smallest absolute Gasteiger partial charge is 0.274 e. The number of H-pyrrole nitrogens is 1. The molecule has 2 aromatic carbocycles. The van der Waals surface area contributed by atoms with Gasteiger partial charge in [-0.25, -0.2) is 0 Å². The highest BCUT2D eigenvalue weighted by atomic mass is 16.2. The molecule has 0 radical (unpaired) electrons. The second-order valence-electron chi connectivity index (χ2n) is 11.2. The highest BCUT2D eigenvalue weighted by Crippen LogP contribution is 2.56. The van der Waals surface area contributed by atoms with E-state index in [0.29, 0.717) is 23.2 Å². The molecule has 8 rings (SSSR count). The molecule has 4 saturated carbocycles. The number of anilines is 2. The summed E-state index contributed by atoms with van der Waals surface area (Å²) in [5, 5.41) is 7.23. The fourth-order valence-corrected chi connectivity index (χ4v) is 7.44. The van der Waals surface area contributed by atoms with Gasteiger partial charge in [-0.15, -0.1) is 0 Å². The van der Waals surface area contributed by atoms with Gasteiger partial charge in [0.05, 0.1) is 0 Å². The molecule has 186 valence electrons. The van der Waals surface area contributed by atoms with Crippen LogP contribution in [-0.4, -0.2) is 21.8 Å². The number of pyridine rings is 1. The molecule has 6 heteroatoms. The summed E-state index contributed by atoms with van der Waals surface area (Å²) in [4.78, 5) is 33.3. The number of aromatic amines is 1. The summed E-state index contributed by atoms with van der Waals surface area (Å²) in [6.45, 7) is 0. The lowest BCUT2D eigenvalue weighted by atomic mass is 9.51. The third-order valence-electron chi connectivity index (χ3n) is 8.83. The molecule has 37 heavy (non-hydrogen) atoms. The number of hydrogen-bond donors (Lipinski definition) is 3. The van der Waals surface area contributed by atoms with E-state index in [-0.39, 0.29) is 17.7 Å². The van der Waals surface area contributed by atoms with Crippen molar-refractivity contribution in [1.82, 2.24) is 9.97 Å². The summed E-state index contributed by atoms with van der Waals surface area (Å²) in [6, 6.07) is 19.2.